The zero-order valence-corrected chi connectivity index (χ0v) is 42.7. The summed E-state index contributed by atoms with van der Waals surface area (Å²) in [5, 5.41) is 34.8. The number of nitrogens with one attached hydrogen (secondary N) is 1. The fraction of sp³-hybridized carbons (Fsp3) is 0.500. The fourth-order valence-corrected chi connectivity index (χ4v) is 6.94. The van der Waals surface area contributed by atoms with Gasteiger partial charge in [-0.25, -0.2) is 4.79 Å². The zero-order valence-electron chi connectivity index (χ0n) is 42.7. The molecule has 2 amide bonds. The second-order valence-electron chi connectivity index (χ2n) is 16.1. The van der Waals surface area contributed by atoms with E-state index in [1.54, 1.807) is 12.1 Å². The van der Waals surface area contributed by atoms with Gasteiger partial charge in [0.25, 0.3) is 5.91 Å². The molecule has 422 valence electrons. The van der Waals surface area contributed by atoms with Crippen LogP contribution in [0, 0.1) is 4.91 Å². The summed E-state index contributed by atoms with van der Waals surface area (Å²) in [7, 11) is 0. The van der Waals surface area contributed by atoms with Crippen molar-refractivity contribution in [3.05, 3.63) is 93.0 Å². The largest absolute Gasteiger partial charge is 0.508 e. The highest BCUT2D eigenvalue weighted by Crippen LogP contribution is 2.42. The number of fused-ring (bicyclic) bond motifs is 2. The van der Waals surface area contributed by atoms with E-state index in [1.807, 2.05) is 0 Å². The standard InChI is InChI=1S/C52H67N3O22/c56-39-2-5-42-45(36-39)76-46-37-40(57)3-6-43(46)50(42)41-4-1-38(35-44(41)52(62)54-63)51(61)53-10-12-65-14-16-67-18-20-69-22-24-71-26-28-73-30-32-75-34-33-74-31-29-72-27-25-70-23-21-68-19-17-66-15-13-64-11-9-49(60)77-55-47(58)7-8-48(55)59/h1-8,35-37,56,58-59H,9-34H2,(H,53,61). The van der Waals surface area contributed by atoms with Crippen LogP contribution in [0.1, 0.15) is 27.1 Å². The van der Waals surface area contributed by atoms with Crippen molar-refractivity contribution in [3.63, 3.8) is 0 Å². The number of benzene rings is 3. The average Bonchev–Trinajstić information content (AvgIpc) is 3.75. The lowest BCUT2D eigenvalue weighted by Crippen LogP contribution is -2.28. The van der Waals surface area contributed by atoms with Crippen molar-refractivity contribution in [2.45, 2.75) is 6.42 Å². The van der Waals surface area contributed by atoms with E-state index in [0.717, 1.165) is 0 Å². The Hall–Kier alpha value is -6.46. The Morgan fingerprint density at radius 1 is 0.506 bits per heavy atom. The van der Waals surface area contributed by atoms with E-state index in [2.05, 4.69) is 10.5 Å². The first-order chi connectivity index (χ1) is 37.7. The highest BCUT2D eigenvalue weighted by Gasteiger charge is 2.24. The first-order valence-corrected chi connectivity index (χ1v) is 24.9. The SMILES string of the molecule is O=NC(=O)c1cc(C(=O)NCCOCCOCCOCCOCCOCCOCCOCCOCCOCCOCCOCCOCCC(=O)On2c(O)ccc2O)ccc1-c1c2ccc(=O)cc-2oc2cc(O)ccc12. The highest BCUT2D eigenvalue weighted by molar-refractivity contribution is 6.10. The first-order valence-electron chi connectivity index (χ1n) is 24.9. The number of nitrogens with zero attached hydrogens (tertiary/aromatic N) is 2. The molecule has 2 heterocycles. The molecule has 1 aliphatic carbocycles. The van der Waals surface area contributed by atoms with Gasteiger partial charge in [-0.1, -0.05) is 6.07 Å². The molecule has 0 unspecified atom stereocenters. The van der Waals surface area contributed by atoms with Gasteiger partial charge in [-0.3, -0.25) is 14.4 Å². The van der Waals surface area contributed by atoms with Crippen LogP contribution in [0.5, 0.6) is 17.5 Å². The van der Waals surface area contributed by atoms with Crippen LogP contribution < -0.4 is 15.6 Å². The summed E-state index contributed by atoms with van der Waals surface area (Å²) in [5.41, 5.74) is 1.12. The van der Waals surface area contributed by atoms with Gasteiger partial charge in [-0.15, -0.1) is 9.64 Å². The van der Waals surface area contributed by atoms with E-state index in [9.17, 15) is 39.4 Å². The molecule has 25 nitrogen and oxygen atoms in total. The van der Waals surface area contributed by atoms with Gasteiger partial charge in [0, 0.05) is 58.1 Å². The Labute approximate surface area is 443 Å². The van der Waals surface area contributed by atoms with Crippen LogP contribution in [-0.2, 0) is 61.6 Å². The molecule has 2 aliphatic rings. The van der Waals surface area contributed by atoms with Crippen LogP contribution in [0.15, 0.2) is 81.1 Å². The molecule has 25 heteroatoms. The number of aromatic hydroxyl groups is 3. The molecule has 5 rings (SSSR count). The summed E-state index contributed by atoms with van der Waals surface area (Å²) < 4.78 is 72.2. The third-order valence-electron chi connectivity index (χ3n) is 10.6. The van der Waals surface area contributed by atoms with Crippen LogP contribution in [0.3, 0.4) is 0 Å². The van der Waals surface area contributed by atoms with Gasteiger partial charge in [-0.2, -0.15) is 0 Å². The summed E-state index contributed by atoms with van der Waals surface area (Å²) in [4.78, 5) is 66.0. The maximum Gasteiger partial charge on any atom is 0.335 e. The molecule has 0 spiro atoms. The molecule has 2 aromatic carbocycles. The molecule has 0 saturated carbocycles. The minimum Gasteiger partial charge on any atom is -0.508 e. The normalized spacial score (nSPS) is 11.4. The summed E-state index contributed by atoms with van der Waals surface area (Å²) in [6.45, 7) is 9.14. The van der Waals surface area contributed by atoms with Crippen LogP contribution in [0.25, 0.3) is 33.4 Å². The number of hydrogen-bond donors (Lipinski definition) is 4. The van der Waals surface area contributed by atoms with E-state index in [4.69, 9.17) is 66.1 Å². The van der Waals surface area contributed by atoms with E-state index in [0.29, 0.717) is 153 Å². The second-order valence-corrected chi connectivity index (χ2v) is 16.1. The molecule has 1 aliphatic heterocycles. The number of amides is 2. The van der Waals surface area contributed by atoms with Crippen LogP contribution >= 0.6 is 0 Å². The summed E-state index contributed by atoms with van der Waals surface area (Å²) in [5.74, 6) is -2.93. The number of nitroso groups, excluding NO2 is 1. The molecule has 1 aromatic heterocycles. The number of phenolic OH excluding ortho intramolecular Hbond substituents is 1. The van der Waals surface area contributed by atoms with E-state index in [1.165, 1.54) is 54.6 Å². The Morgan fingerprint density at radius 3 is 1.42 bits per heavy atom. The van der Waals surface area contributed by atoms with Gasteiger partial charge in [-0.05, 0) is 42.0 Å². The first kappa shape index (κ1) is 61.4. The number of carbonyl (C=O) groups is 3. The van der Waals surface area contributed by atoms with Gasteiger partial charge >= 0.3 is 11.9 Å². The number of carbonyl (C=O) groups excluding carboxylic acids is 3. The van der Waals surface area contributed by atoms with Crippen molar-refractivity contribution in [2.24, 2.45) is 5.18 Å². The third kappa shape index (κ3) is 23.0. The Bertz CT molecular complexity index is 2530. The molecule has 0 radical (unpaired) electrons. The van der Waals surface area contributed by atoms with Crippen molar-refractivity contribution < 1.29 is 95.8 Å². The fourth-order valence-electron chi connectivity index (χ4n) is 6.94. The monoisotopic (exact) mass is 1090 g/mol. The number of rotatable bonds is 43. The predicted octanol–water partition coefficient (Wildman–Crippen LogP) is 3.36. The topological polar surface area (TPSA) is 308 Å². The van der Waals surface area contributed by atoms with Crippen molar-refractivity contribution in [1.29, 1.82) is 0 Å². The second kappa shape index (κ2) is 36.6. The minimum atomic E-state index is -1.10. The van der Waals surface area contributed by atoms with Crippen molar-refractivity contribution in [3.8, 4) is 40.0 Å². The average molecular weight is 1090 g/mol. The highest BCUT2D eigenvalue weighted by atomic mass is 16.7. The van der Waals surface area contributed by atoms with Gasteiger partial charge in [0.05, 0.1) is 171 Å². The maximum atomic E-state index is 13.0. The predicted molar refractivity (Wildman–Crippen MR) is 272 cm³/mol. The van der Waals surface area contributed by atoms with E-state index in [-0.39, 0.29) is 78.6 Å². The lowest BCUT2D eigenvalue weighted by molar-refractivity contribution is -0.146. The quantitative estimate of drug-likeness (QED) is 0.0247. The molecule has 0 bridgehead atoms. The number of ether oxygens (including phenoxy) is 12. The summed E-state index contributed by atoms with van der Waals surface area (Å²) in [6.07, 6.45) is -0.0631. The van der Waals surface area contributed by atoms with Gasteiger partial charge in [0.15, 0.2) is 5.43 Å². The number of phenols is 1. The molecule has 3 aromatic rings. The summed E-state index contributed by atoms with van der Waals surface area (Å²) in [6, 6.07) is 15.3. The Kier molecular flexibility index (Phi) is 29.1. The van der Waals surface area contributed by atoms with Crippen molar-refractivity contribution >= 4 is 28.8 Å². The van der Waals surface area contributed by atoms with Crippen LogP contribution in [0.4, 0.5) is 0 Å². The molecular formula is C52H67N3O22. The maximum absolute atomic E-state index is 13.0. The van der Waals surface area contributed by atoms with Crippen molar-refractivity contribution in [2.75, 3.05) is 165 Å². The third-order valence-corrected chi connectivity index (χ3v) is 10.6. The number of hydrogen-bond acceptors (Lipinski definition) is 22. The smallest absolute Gasteiger partial charge is 0.335 e. The van der Waals surface area contributed by atoms with Gasteiger partial charge in [0.2, 0.25) is 11.8 Å². The van der Waals surface area contributed by atoms with Crippen LogP contribution in [0.2, 0.25) is 0 Å². The molecule has 0 fully saturated rings. The van der Waals surface area contributed by atoms with Crippen molar-refractivity contribution in [1.82, 2.24) is 10.0 Å². The van der Waals surface area contributed by atoms with Gasteiger partial charge < -0.3 is 86.7 Å². The Balaban J connectivity index is 0.731. The summed E-state index contributed by atoms with van der Waals surface area (Å²) >= 11 is 0. The van der Waals surface area contributed by atoms with E-state index >= 15 is 0 Å². The molecule has 77 heavy (non-hydrogen) atoms. The Morgan fingerprint density at radius 2 is 0.948 bits per heavy atom. The molecular weight excluding hydrogens is 1020 g/mol. The van der Waals surface area contributed by atoms with Gasteiger partial charge in [0.1, 0.15) is 17.1 Å². The lowest BCUT2D eigenvalue weighted by Gasteiger charge is -2.17. The van der Waals surface area contributed by atoms with E-state index < -0.39 is 29.5 Å². The number of aromatic nitrogens is 1. The zero-order chi connectivity index (χ0) is 54.7. The molecule has 0 saturated heterocycles. The minimum absolute atomic E-state index is 0.0631. The molecule has 4 N–H and O–H groups in total. The van der Waals surface area contributed by atoms with Crippen LogP contribution in [-0.4, -0.2) is 203 Å². The lowest BCUT2D eigenvalue weighted by atomic mass is 9.89. The molecule has 0 atom stereocenters.